The fraction of sp³-hybridized carbons (Fsp3) is 0.500. The molecule has 206 valence electrons. The number of aromatic nitrogens is 4. The zero-order chi connectivity index (χ0) is 27.5. The lowest BCUT2D eigenvalue weighted by atomic mass is 10.1. The van der Waals surface area contributed by atoms with Crippen molar-refractivity contribution in [2.24, 2.45) is 5.73 Å². The summed E-state index contributed by atoms with van der Waals surface area (Å²) in [5.41, 5.74) is 13.7. The molecule has 4 rings (SSSR count). The van der Waals surface area contributed by atoms with Crippen molar-refractivity contribution in [3.63, 3.8) is 0 Å². The second kappa shape index (κ2) is 14.8. The molecule has 0 bridgehead atoms. The standard InChI is InChI=1S/C23H33ClN8O3.CO2/c24-16-4-2-15(3-5-16)6-8-27-9-11-31(10-1-7-25)12-17-19(33)20(34)23(35-17)32-14-30-18-21(26)28-13-29-22(18)32;2-1-3/h2-5,13-14,17,19-20,23,27,33-34H,1,6-12,25H2,(H2,26,28,29);/t17?,19-,20-,23-;/m1./s1. The predicted octanol–water partition coefficient (Wildman–Crippen LogP) is -0.419. The Labute approximate surface area is 224 Å². The number of rotatable bonds is 12. The van der Waals surface area contributed by atoms with E-state index in [1.165, 1.54) is 18.2 Å². The first-order chi connectivity index (χ1) is 18.4. The van der Waals surface area contributed by atoms with E-state index in [0.29, 0.717) is 24.3 Å². The van der Waals surface area contributed by atoms with Gasteiger partial charge in [-0.3, -0.25) is 9.47 Å². The summed E-state index contributed by atoms with van der Waals surface area (Å²) in [5, 5.41) is 25.7. The van der Waals surface area contributed by atoms with Crippen LogP contribution < -0.4 is 16.8 Å². The van der Waals surface area contributed by atoms with Crippen LogP contribution in [0.25, 0.3) is 11.2 Å². The quantitative estimate of drug-likeness (QED) is 0.184. The molecule has 14 heteroatoms. The predicted molar refractivity (Wildman–Crippen MR) is 139 cm³/mol. The number of ether oxygens (including phenoxy) is 1. The van der Waals surface area contributed by atoms with Gasteiger partial charge in [0, 0.05) is 24.7 Å². The number of anilines is 1. The van der Waals surface area contributed by atoms with E-state index in [1.54, 1.807) is 4.57 Å². The number of nitrogen functional groups attached to an aromatic ring is 1. The Bertz CT molecular complexity index is 1170. The van der Waals surface area contributed by atoms with E-state index in [-0.39, 0.29) is 12.0 Å². The molecule has 7 N–H and O–H groups in total. The fourth-order valence-electron chi connectivity index (χ4n) is 4.28. The van der Waals surface area contributed by atoms with Crippen LogP contribution in [0.2, 0.25) is 5.02 Å². The van der Waals surface area contributed by atoms with Gasteiger partial charge in [0.05, 0.1) is 6.33 Å². The van der Waals surface area contributed by atoms with Crippen molar-refractivity contribution in [1.29, 1.82) is 0 Å². The minimum Gasteiger partial charge on any atom is -0.387 e. The molecule has 1 fully saturated rings. The molecule has 1 unspecified atom stereocenters. The Balaban J connectivity index is 0.00000127. The molecule has 1 aromatic carbocycles. The van der Waals surface area contributed by atoms with Gasteiger partial charge in [-0.1, -0.05) is 23.7 Å². The van der Waals surface area contributed by atoms with Gasteiger partial charge in [-0.2, -0.15) is 9.59 Å². The van der Waals surface area contributed by atoms with E-state index in [0.717, 1.165) is 44.0 Å². The SMILES string of the molecule is NCCCN(CCNCCc1ccc(Cl)cc1)CC1O[C@@H](n2cnc3c(N)ncnc32)[C@H](O)[C@@H]1O.O=C=O. The van der Waals surface area contributed by atoms with Crippen molar-refractivity contribution in [2.45, 2.75) is 37.4 Å². The molecular formula is C24H33ClN8O5. The smallest absolute Gasteiger partial charge is 0.373 e. The maximum absolute atomic E-state index is 10.7. The Kier molecular flexibility index (Phi) is 11.5. The molecule has 0 spiro atoms. The average Bonchev–Trinajstić information content (AvgIpc) is 3.45. The summed E-state index contributed by atoms with van der Waals surface area (Å²) in [4.78, 5) is 30.8. The van der Waals surface area contributed by atoms with Crippen molar-refractivity contribution in [3.05, 3.63) is 47.5 Å². The number of aliphatic hydroxyl groups excluding tert-OH is 2. The van der Waals surface area contributed by atoms with Crippen LogP contribution in [0.1, 0.15) is 18.2 Å². The van der Waals surface area contributed by atoms with E-state index >= 15 is 0 Å². The number of halogens is 1. The third kappa shape index (κ3) is 7.76. The van der Waals surface area contributed by atoms with Gasteiger partial charge in [-0.15, -0.1) is 0 Å². The molecule has 0 radical (unpaired) electrons. The van der Waals surface area contributed by atoms with Crippen molar-refractivity contribution in [2.75, 3.05) is 45.0 Å². The topological polar surface area (TPSA) is 195 Å². The summed E-state index contributed by atoms with van der Waals surface area (Å²) in [7, 11) is 0. The molecule has 0 aliphatic carbocycles. The highest BCUT2D eigenvalue weighted by molar-refractivity contribution is 6.30. The van der Waals surface area contributed by atoms with E-state index in [2.05, 4.69) is 25.2 Å². The molecule has 1 aliphatic heterocycles. The molecule has 13 nitrogen and oxygen atoms in total. The maximum Gasteiger partial charge on any atom is 0.373 e. The molecule has 1 saturated heterocycles. The highest BCUT2D eigenvalue weighted by Gasteiger charge is 2.44. The van der Waals surface area contributed by atoms with Crippen molar-refractivity contribution < 1.29 is 24.5 Å². The van der Waals surface area contributed by atoms with Gasteiger partial charge in [0.25, 0.3) is 0 Å². The lowest BCUT2D eigenvalue weighted by Crippen LogP contribution is -2.43. The van der Waals surface area contributed by atoms with Crippen LogP contribution in [0, 0.1) is 0 Å². The molecule has 38 heavy (non-hydrogen) atoms. The van der Waals surface area contributed by atoms with Crippen LogP contribution in [-0.4, -0.2) is 98.4 Å². The van der Waals surface area contributed by atoms with Gasteiger partial charge in [0.2, 0.25) is 0 Å². The summed E-state index contributed by atoms with van der Waals surface area (Å²) >= 11 is 5.94. The van der Waals surface area contributed by atoms with Crippen LogP contribution in [0.5, 0.6) is 0 Å². The van der Waals surface area contributed by atoms with Crippen LogP contribution in [0.4, 0.5) is 5.82 Å². The zero-order valence-electron chi connectivity index (χ0n) is 20.8. The number of aliphatic hydroxyl groups is 2. The molecule has 2 aromatic heterocycles. The molecular weight excluding hydrogens is 516 g/mol. The largest absolute Gasteiger partial charge is 0.387 e. The highest BCUT2D eigenvalue weighted by Crippen LogP contribution is 2.32. The minimum atomic E-state index is -1.14. The van der Waals surface area contributed by atoms with Crippen LogP contribution in [-0.2, 0) is 20.7 Å². The number of nitrogens with one attached hydrogen (secondary N) is 1. The van der Waals surface area contributed by atoms with Gasteiger partial charge in [0.1, 0.15) is 30.2 Å². The maximum atomic E-state index is 10.7. The first-order valence-electron chi connectivity index (χ1n) is 12.2. The minimum absolute atomic E-state index is 0.245. The molecule has 1 aliphatic rings. The Morgan fingerprint density at radius 3 is 2.55 bits per heavy atom. The van der Waals surface area contributed by atoms with Crippen LogP contribution in [0.15, 0.2) is 36.9 Å². The molecule has 0 saturated carbocycles. The molecule has 4 atom stereocenters. The first-order valence-corrected chi connectivity index (χ1v) is 12.6. The Hall–Kier alpha value is -3.00. The monoisotopic (exact) mass is 548 g/mol. The third-order valence-electron chi connectivity index (χ3n) is 6.22. The van der Waals surface area contributed by atoms with Gasteiger partial charge in [-0.25, -0.2) is 15.0 Å². The Morgan fingerprint density at radius 1 is 1.11 bits per heavy atom. The lowest BCUT2D eigenvalue weighted by Gasteiger charge is -2.26. The molecule has 3 aromatic rings. The highest BCUT2D eigenvalue weighted by atomic mass is 35.5. The lowest BCUT2D eigenvalue weighted by molar-refractivity contribution is -0.191. The summed E-state index contributed by atoms with van der Waals surface area (Å²) in [5.74, 6) is 0.245. The number of nitrogens with zero attached hydrogens (tertiary/aromatic N) is 5. The number of hydrogen-bond acceptors (Lipinski definition) is 12. The van der Waals surface area contributed by atoms with E-state index in [4.69, 9.17) is 37.4 Å². The van der Waals surface area contributed by atoms with Gasteiger partial charge < -0.3 is 31.7 Å². The van der Waals surface area contributed by atoms with Crippen molar-refractivity contribution >= 4 is 34.7 Å². The number of fused-ring (bicyclic) bond motifs is 1. The van der Waals surface area contributed by atoms with Crippen LogP contribution in [0.3, 0.4) is 0 Å². The van der Waals surface area contributed by atoms with Crippen LogP contribution >= 0.6 is 11.6 Å². The van der Waals surface area contributed by atoms with E-state index < -0.39 is 24.5 Å². The molecule has 3 heterocycles. The van der Waals surface area contributed by atoms with Crippen molar-refractivity contribution in [1.82, 2.24) is 29.7 Å². The second-order valence-corrected chi connectivity index (χ2v) is 9.22. The fourth-order valence-corrected chi connectivity index (χ4v) is 4.40. The van der Waals surface area contributed by atoms with Crippen molar-refractivity contribution in [3.8, 4) is 0 Å². The number of benzene rings is 1. The van der Waals surface area contributed by atoms with Gasteiger partial charge in [0.15, 0.2) is 17.7 Å². The molecule has 0 amide bonds. The second-order valence-electron chi connectivity index (χ2n) is 8.78. The van der Waals surface area contributed by atoms with Gasteiger partial charge >= 0.3 is 6.15 Å². The number of nitrogens with two attached hydrogens (primary N) is 2. The zero-order valence-corrected chi connectivity index (χ0v) is 21.6. The van der Waals surface area contributed by atoms with Gasteiger partial charge in [-0.05, 0) is 50.2 Å². The number of imidazole rings is 1. The summed E-state index contributed by atoms with van der Waals surface area (Å²) in [6, 6.07) is 7.85. The number of hydrogen-bond donors (Lipinski definition) is 5. The number of carbonyl (C=O) groups excluding carboxylic acids is 2. The first kappa shape index (κ1) is 29.6. The van der Waals surface area contributed by atoms with E-state index in [1.807, 2.05) is 24.3 Å². The normalized spacial score (nSPS) is 20.9. The summed E-state index contributed by atoms with van der Waals surface area (Å²) in [6.07, 6.45) is 1.20. The van der Waals surface area contributed by atoms with E-state index in [9.17, 15) is 10.2 Å². The summed E-state index contributed by atoms with van der Waals surface area (Å²) < 4.78 is 7.69. The average molecular weight is 549 g/mol. The summed E-state index contributed by atoms with van der Waals surface area (Å²) in [6.45, 7) is 4.16. The Morgan fingerprint density at radius 2 is 1.84 bits per heavy atom. The third-order valence-corrected chi connectivity index (χ3v) is 6.48.